The average molecular weight is 238 g/mol. The van der Waals surface area contributed by atoms with E-state index in [2.05, 4.69) is 10.3 Å². The van der Waals surface area contributed by atoms with Crippen molar-refractivity contribution in [3.63, 3.8) is 0 Å². The Labute approximate surface area is 98.6 Å². The van der Waals surface area contributed by atoms with Crippen molar-refractivity contribution in [2.75, 3.05) is 19.0 Å². The van der Waals surface area contributed by atoms with E-state index in [4.69, 9.17) is 9.84 Å². The van der Waals surface area contributed by atoms with E-state index in [0.717, 1.165) is 0 Å². The van der Waals surface area contributed by atoms with Crippen molar-refractivity contribution in [3.8, 4) is 0 Å². The number of rotatable bonds is 6. The molecule has 0 radical (unpaired) electrons. The number of hydrogen-bond acceptors (Lipinski definition) is 4. The zero-order valence-electron chi connectivity index (χ0n) is 9.47. The van der Waals surface area contributed by atoms with Gasteiger partial charge in [0.1, 0.15) is 11.4 Å². The molecule has 17 heavy (non-hydrogen) atoms. The van der Waals surface area contributed by atoms with Crippen molar-refractivity contribution in [1.82, 2.24) is 4.98 Å². The van der Waals surface area contributed by atoms with Gasteiger partial charge in [-0.2, -0.15) is 0 Å². The third-order valence-electron chi connectivity index (χ3n) is 2.05. The number of hydrogen-bond donors (Lipinski definition) is 2. The molecular formula is C11H14N2O4. The summed E-state index contributed by atoms with van der Waals surface area (Å²) in [6.07, 6.45) is 2.28. The lowest BCUT2D eigenvalue weighted by atomic mass is 10.2. The summed E-state index contributed by atoms with van der Waals surface area (Å²) in [5.74, 6) is -1.32. The third kappa shape index (κ3) is 4.20. The van der Waals surface area contributed by atoms with Gasteiger partial charge in [-0.15, -0.1) is 0 Å². The van der Waals surface area contributed by atoms with Gasteiger partial charge in [-0.25, -0.2) is 9.78 Å². The molecule has 1 rings (SSSR count). The second-order valence-electron chi connectivity index (χ2n) is 3.35. The Hall–Kier alpha value is -1.95. The Morgan fingerprint density at radius 3 is 2.94 bits per heavy atom. The predicted molar refractivity (Wildman–Crippen MR) is 60.9 cm³/mol. The molecule has 0 atom stereocenters. The molecule has 0 aromatic carbocycles. The van der Waals surface area contributed by atoms with Gasteiger partial charge < -0.3 is 15.2 Å². The fraction of sp³-hybridized carbons (Fsp3) is 0.364. The molecule has 0 aliphatic carbocycles. The fourth-order valence-electron chi connectivity index (χ4n) is 1.25. The molecule has 1 aromatic heterocycles. The molecule has 0 unspecified atom stereocenters. The van der Waals surface area contributed by atoms with E-state index < -0.39 is 5.97 Å². The Balaban J connectivity index is 2.61. The lowest BCUT2D eigenvalue weighted by Gasteiger charge is -2.06. The second-order valence-corrected chi connectivity index (χ2v) is 3.35. The standard InChI is InChI=1S/C11H14N2O4/c1-17-7-3-5-9(14)13-10-8(11(15)16)4-2-6-12-10/h2,4,6H,3,5,7H2,1H3,(H,15,16)(H,12,13,14). The van der Waals surface area contributed by atoms with Gasteiger partial charge in [0.15, 0.2) is 0 Å². The molecule has 0 saturated heterocycles. The highest BCUT2D eigenvalue weighted by molar-refractivity contribution is 5.99. The summed E-state index contributed by atoms with van der Waals surface area (Å²) in [6.45, 7) is 0.488. The van der Waals surface area contributed by atoms with Gasteiger partial charge >= 0.3 is 5.97 Å². The summed E-state index contributed by atoms with van der Waals surface area (Å²) in [7, 11) is 1.55. The van der Waals surface area contributed by atoms with E-state index in [0.29, 0.717) is 13.0 Å². The molecule has 0 aliphatic rings. The first-order valence-electron chi connectivity index (χ1n) is 5.12. The van der Waals surface area contributed by atoms with Crippen LogP contribution in [0, 0.1) is 0 Å². The number of carboxylic acids is 1. The summed E-state index contributed by atoms with van der Waals surface area (Å²) in [5, 5.41) is 11.3. The molecule has 1 heterocycles. The van der Waals surface area contributed by atoms with E-state index in [1.807, 2.05) is 0 Å². The monoisotopic (exact) mass is 238 g/mol. The molecule has 2 N–H and O–H groups in total. The van der Waals surface area contributed by atoms with Crippen molar-refractivity contribution in [3.05, 3.63) is 23.9 Å². The van der Waals surface area contributed by atoms with Crippen LogP contribution in [0.5, 0.6) is 0 Å². The van der Waals surface area contributed by atoms with Crippen LogP contribution in [-0.2, 0) is 9.53 Å². The summed E-state index contributed by atoms with van der Waals surface area (Å²) in [6, 6.07) is 2.89. The van der Waals surface area contributed by atoms with Gasteiger partial charge in [0.25, 0.3) is 0 Å². The topological polar surface area (TPSA) is 88.5 Å². The van der Waals surface area contributed by atoms with Crippen molar-refractivity contribution >= 4 is 17.7 Å². The van der Waals surface area contributed by atoms with Crippen molar-refractivity contribution < 1.29 is 19.4 Å². The van der Waals surface area contributed by atoms with Gasteiger partial charge in [0.05, 0.1) is 0 Å². The molecule has 0 aliphatic heterocycles. The Bertz CT molecular complexity index is 406. The van der Waals surface area contributed by atoms with Crippen molar-refractivity contribution in [2.24, 2.45) is 0 Å². The smallest absolute Gasteiger partial charge is 0.339 e. The molecule has 0 saturated carbocycles. The number of anilines is 1. The maximum atomic E-state index is 11.5. The minimum Gasteiger partial charge on any atom is -0.478 e. The quantitative estimate of drug-likeness (QED) is 0.725. The lowest BCUT2D eigenvalue weighted by molar-refractivity contribution is -0.116. The first kappa shape index (κ1) is 13.1. The average Bonchev–Trinajstić information content (AvgIpc) is 2.29. The molecule has 92 valence electrons. The number of ether oxygens (including phenoxy) is 1. The summed E-state index contributed by atoms with van der Waals surface area (Å²) >= 11 is 0. The van der Waals surface area contributed by atoms with E-state index in [1.165, 1.54) is 18.3 Å². The highest BCUT2D eigenvalue weighted by Crippen LogP contribution is 2.11. The fourth-order valence-corrected chi connectivity index (χ4v) is 1.25. The molecule has 1 amide bonds. The van der Waals surface area contributed by atoms with Crippen LogP contribution in [0.2, 0.25) is 0 Å². The van der Waals surface area contributed by atoms with E-state index in [9.17, 15) is 9.59 Å². The Morgan fingerprint density at radius 2 is 2.29 bits per heavy atom. The number of pyridine rings is 1. The number of carboxylic acid groups (broad SMARTS) is 1. The van der Waals surface area contributed by atoms with Crippen molar-refractivity contribution in [1.29, 1.82) is 0 Å². The molecule has 1 aromatic rings. The van der Waals surface area contributed by atoms with Crippen LogP contribution in [-0.4, -0.2) is 35.7 Å². The molecular weight excluding hydrogens is 224 g/mol. The van der Waals surface area contributed by atoms with Crippen LogP contribution < -0.4 is 5.32 Å². The predicted octanol–water partition coefficient (Wildman–Crippen LogP) is 1.14. The molecule has 0 bridgehead atoms. The minimum absolute atomic E-state index is 0.0207. The summed E-state index contributed by atoms with van der Waals surface area (Å²) in [4.78, 5) is 26.1. The molecule has 6 nitrogen and oxygen atoms in total. The molecule has 0 spiro atoms. The molecule has 0 fully saturated rings. The highest BCUT2D eigenvalue weighted by Gasteiger charge is 2.12. The SMILES string of the molecule is COCCCC(=O)Nc1ncccc1C(=O)O. The minimum atomic E-state index is -1.12. The maximum Gasteiger partial charge on any atom is 0.339 e. The zero-order valence-corrected chi connectivity index (χ0v) is 9.47. The van der Waals surface area contributed by atoms with Gasteiger partial charge in [-0.1, -0.05) is 0 Å². The van der Waals surface area contributed by atoms with E-state index in [-0.39, 0.29) is 23.7 Å². The van der Waals surface area contributed by atoms with Gasteiger partial charge in [0.2, 0.25) is 5.91 Å². The Morgan fingerprint density at radius 1 is 1.53 bits per heavy atom. The number of nitrogens with zero attached hydrogens (tertiary/aromatic N) is 1. The van der Waals surface area contributed by atoms with Crippen LogP contribution in [0.4, 0.5) is 5.82 Å². The van der Waals surface area contributed by atoms with Crippen LogP contribution in [0.1, 0.15) is 23.2 Å². The largest absolute Gasteiger partial charge is 0.478 e. The van der Waals surface area contributed by atoms with Crippen LogP contribution in [0.15, 0.2) is 18.3 Å². The number of amides is 1. The van der Waals surface area contributed by atoms with Crippen molar-refractivity contribution in [2.45, 2.75) is 12.8 Å². The summed E-state index contributed by atoms with van der Waals surface area (Å²) < 4.78 is 4.81. The third-order valence-corrected chi connectivity index (χ3v) is 2.05. The number of methoxy groups -OCH3 is 1. The van der Waals surface area contributed by atoms with Crippen LogP contribution in [0.25, 0.3) is 0 Å². The lowest BCUT2D eigenvalue weighted by Crippen LogP contribution is -2.16. The normalized spacial score (nSPS) is 9.94. The number of carbonyl (C=O) groups excluding carboxylic acids is 1. The first-order valence-corrected chi connectivity index (χ1v) is 5.12. The number of carbonyl (C=O) groups is 2. The zero-order chi connectivity index (χ0) is 12.7. The van der Waals surface area contributed by atoms with Gasteiger partial charge in [-0.05, 0) is 18.6 Å². The second kappa shape index (κ2) is 6.59. The van der Waals surface area contributed by atoms with E-state index in [1.54, 1.807) is 7.11 Å². The number of aromatic nitrogens is 1. The Kier molecular flexibility index (Phi) is 5.09. The summed E-state index contributed by atoms with van der Waals surface area (Å²) in [5.41, 5.74) is -0.0207. The maximum absolute atomic E-state index is 11.5. The van der Waals surface area contributed by atoms with E-state index >= 15 is 0 Å². The number of nitrogens with one attached hydrogen (secondary N) is 1. The number of aromatic carboxylic acids is 1. The highest BCUT2D eigenvalue weighted by atomic mass is 16.5. The van der Waals surface area contributed by atoms with Gasteiger partial charge in [-0.3, -0.25) is 4.79 Å². The van der Waals surface area contributed by atoms with Crippen LogP contribution >= 0.6 is 0 Å². The van der Waals surface area contributed by atoms with Gasteiger partial charge in [0, 0.05) is 26.3 Å². The molecule has 6 heteroatoms. The first-order chi connectivity index (χ1) is 8.15. The van der Waals surface area contributed by atoms with Crippen LogP contribution in [0.3, 0.4) is 0 Å².